The molecule has 0 fully saturated rings. The van der Waals surface area contributed by atoms with Crippen molar-refractivity contribution >= 4 is 11.4 Å². The molecule has 4 nitrogen and oxygen atoms in total. The van der Waals surface area contributed by atoms with Crippen molar-refractivity contribution in [3.05, 3.63) is 18.2 Å². The van der Waals surface area contributed by atoms with Crippen LogP contribution in [0.15, 0.2) is 18.2 Å². The van der Waals surface area contributed by atoms with Gasteiger partial charge in [-0.05, 0) is 18.2 Å². The average Bonchev–Trinajstić information content (AvgIpc) is 1.95. The molecule has 1 aromatic rings. The Kier molecular flexibility index (Phi) is 2.18. The van der Waals surface area contributed by atoms with Gasteiger partial charge >= 0.3 is 0 Å². The van der Waals surface area contributed by atoms with Gasteiger partial charge in [-0.2, -0.15) is 0 Å². The van der Waals surface area contributed by atoms with E-state index in [2.05, 4.69) is 0 Å². The zero-order valence-corrected chi connectivity index (χ0v) is 5.95. The third kappa shape index (κ3) is 1.75. The Morgan fingerprint density at radius 1 is 1.36 bits per heavy atom. The number of ether oxygens (including phenoxy) is 1. The van der Waals surface area contributed by atoms with Crippen molar-refractivity contribution in [2.75, 3.05) is 18.3 Å². The van der Waals surface area contributed by atoms with Crippen molar-refractivity contribution in [3.8, 4) is 5.75 Å². The monoisotopic (exact) mass is 154 g/mol. The SMILES string of the molecule is Nc1ccc(OCO)c(N)c1. The van der Waals surface area contributed by atoms with Crippen molar-refractivity contribution in [3.63, 3.8) is 0 Å². The molecule has 1 aromatic carbocycles. The number of nitrogen functional groups attached to an aromatic ring is 2. The van der Waals surface area contributed by atoms with Gasteiger partial charge in [-0.3, -0.25) is 0 Å². The van der Waals surface area contributed by atoms with Gasteiger partial charge in [0.1, 0.15) is 5.75 Å². The van der Waals surface area contributed by atoms with E-state index in [0.29, 0.717) is 17.1 Å². The first-order chi connectivity index (χ1) is 5.24. The van der Waals surface area contributed by atoms with Gasteiger partial charge in [-0.25, -0.2) is 0 Å². The van der Waals surface area contributed by atoms with E-state index in [4.69, 9.17) is 21.3 Å². The van der Waals surface area contributed by atoms with E-state index in [1.807, 2.05) is 0 Å². The molecule has 5 N–H and O–H groups in total. The van der Waals surface area contributed by atoms with Gasteiger partial charge in [0.2, 0.25) is 0 Å². The molecule has 1 rings (SSSR count). The molecule has 0 unspecified atom stereocenters. The number of benzene rings is 1. The van der Waals surface area contributed by atoms with E-state index in [0.717, 1.165) is 0 Å². The predicted molar refractivity (Wildman–Crippen MR) is 43.0 cm³/mol. The molecule has 0 heterocycles. The van der Waals surface area contributed by atoms with Crippen molar-refractivity contribution in [1.29, 1.82) is 0 Å². The van der Waals surface area contributed by atoms with Crippen molar-refractivity contribution in [2.45, 2.75) is 0 Å². The van der Waals surface area contributed by atoms with Crippen LogP contribution < -0.4 is 16.2 Å². The van der Waals surface area contributed by atoms with Crippen LogP contribution in [0.1, 0.15) is 0 Å². The number of anilines is 2. The summed E-state index contributed by atoms with van der Waals surface area (Å²) in [5.41, 5.74) is 11.9. The van der Waals surface area contributed by atoms with Crippen LogP contribution in [0.2, 0.25) is 0 Å². The highest BCUT2D eigenvalue weighted by molar-refractivity contribution is 5.60. The molecule has 0 amide bonds. The zero-order chi connectivity index (χ0) is 8.27. The van der Waals surface area contributed by atoms with Gasteiger partial charge in [0.15, 0.2) is 6.79 Å². The summed E-state index contributed by atoms with van der Waals surface area (Å²) in [5.74, 6) is 0.446. The third-order valence-corrected chi connectivity index (χ3v) is 1.25. The Labute approximate surface area is 64.4 Å². The zero-order valence-electron chi connectivity index (χ0n) is 5.95. The summed E-state index contributed by atoms with van der Waals surface area (Å²) in [6.07, 6.45) is 0. The van der Waals surface area contributed by atoms with Crippen molar-refractivity contribution in [1.82, 2.24) is 0 Å². The van der Waals surface area contributed by atoms with Crippen molar-refractivity contribution < 1.29 is 9.84 Å². The molecule has 60 valence electrons. The highest BCUT2D eigenvalue weighted by atomic mass is 16.6. The number of hydrogen-bond donors (Lipinski definition) is 3. The second-order valence-electron chi connectivity index (χ2n) is 2.07. The van der Waals surface area contributed by atoms with Crippen LogP contribution in [-0.2, 0) is 0 Å². The topological polar surface area (TPSA) is 81.5 Å². The Bertz CT molecular complexity index is 250. The summed E-state index contributed by atoms with van der Waals surface area (Å²) in [5, 5.41) is 8.40. The fourth-order valence-electron chi connectivity index (χ4n) is 0.768. The lowest BCUT2D eigenvalue weighted by Crippen LogP contribution is -1.99. The van der Waals surface area contributed by atoms with E-state index < -0.39 is 0 Å². The maximum Gasteiger partial charge on any atom is 0.186 e. The molecule has 0 aliphatic heterocycles. The summed E-state index contributed by atoms with van der Waals surface area (Å²) in [7, 11) is 0. The van der Waals surface area contributed by atoms with Crippen LogP contribution >= 0.6 is 0 Å². The molecular weight excluding hydrogens is 144 g/mol. The minimum atomic E-state index is -0.381. The first-order valence-electron chi connectivity index (χ1n) is 3.12. The molecule has 0 saturated carbocycles. The average molecular weight is 154 g/mol. The maximum atomic E-state index is 8.40. The number of aliphatic hydroxyl groups excluding tert-OH is 1. The van der Waals surface area contributed by atoms with Crippen LogP contribution in [0.25, 0.3) is 0 Å². The van der Waals surface area contributed by atoms with Gasteiger partial charge in [-0.15, -0.1) is 0 Å². The summed E-state index contributed by atoms with van der Waals surface area (Å²) in [4.78, 5) is 0. The first kappa shape index (κ1) is 7.68. The van der Waals surface area contributed by atoms with Crippen LogP contribution in [0.5, 0.6) is 5.75 Å². The van der Waals surface area contributed by atoms with Gasteiger partial charge in [0.05, 0.1) is 5.69 Å². The van der Waals surface area contributed by atoms with Gasteiger partial charge < -0.3 is 21.3 Å². The fraction of sp³-hybridized carbons (Fsp3) is 0.143. The van der Waals surface area contributed by atoms with E-state index in [1.54, 1.807) is 18.2 Å². The fourth-order valence-corrected chi connectivity index (χ4v) is 0.768. The largest absolute Gasteiger partial charge is 0.466 e. The minimum Gasteiger partial charge on any atom is -0.466 e. The van der Waals surface area contributed by atoms with Crippen LogP contribution in [-0.4, -0.2) is 11.9 Å². The molecule has 0 saturated heterocycles. The lowest BCUT2D eigenvalue weighted by Gasteiger charge is -2.05. The van der Waals surface area contributed by atoms with E-state index in [9.17, 15) is 0 Å². The number of hydrogen-bond acceptors (Lipinski definition) is 4. The first-order valence-corrected chi connectivity index (χ1v) is 3.12. The summed E-state index contributed by atoms with van der Waals surface area (Å²) in [6, 6.07) is 4.84. The molecule has 0 aliphatic rings. The number of rotatable bonds is 2. The number of nitrogens with two attached hydrogens (primary N) is 2. The second-order valence-corrected chi connectivity index (χ2v) is 2.07. The van der Waals surface area contributed by atoms with Gasteiger partial charge in [0, 0.05) is 5.69 Å². The Morgan fingerprint density at radius 2 is 2.09 bits per heavy atom. The van der Waals surface area contributed by atoms with E-state index in [-0.39, 0.29) is 6.79 Å². The predicted octanol–water partition coefficient (Wildman–Crippen LogP) is 0.180. The highest BCUT2D eigenvalue weighted by Crippen LogP contribution is 2.22. The summed E-state index contributed by atoms with van der Waals surface area (Å²) < 4.78 is 4.77. The Balaban J connectivity index is 2.90. The lowest BCUT2D eigenvalue weighted by atomic mass is 10.2. The molecule has 0 spiro atoms. The maximum absolute atomic E-state index is 8.40. The number of aliphatic hydroxyl groups is 1. The standard InChI is InChI=1S/C7H10N2O2/c8-5-1-2-7(11-4-10)6(9)3-5/h1-3,10H,4,8-9H2. The molecule has 0 radical (unpaired) electrons. The van der Waals surface area contributed by atoms with Crippen LogP contribution in [0, 0.1) is 0 Å². The summed E-state index contributed by atoms with van der Waals surface area (Å²) in [6.45, 7) is -0.381. The smallest absolute Gasteiger partial charge is 0.186 e. The molecule has 0 atom stereocenters. The molecule has 0 aromatic heterocycles. The molecule has 4 heteroatoms. The van der Waals surface area contributed by atoms with Crippen molar-refractivity contribution in [2.24, 2.45) is 0 Å². The normalized spacial score (nSPS) is 9.55. The Hall–Kier alpha value is -1.42. The highest BCUT2D eigenvalue weighted by Gasteiger charge is 1.98. The lowest BCUT2D eigenvalue weighted by molar-refractivity contribution is 0.0992. The van der Waals surface area contributed by atoms with E-state index >= 15 is 0 Å². The van der Waals surface area contributed by atoms with Gasteiger partial charge in [-0.1, -0.05) is 0 Å². The Morgan fingerprint density at radius 3 is 2.64 bits per heavy atom. The molecule has 0 aliphatic carbocycles. The minimum absolute atomic E-state index is 0.381. The molecular formula is C7H10N2O2. The van der Waals surface area contributed by atoms with Gasteiger partial charge in [0.25, 0.3) is 0 Å². The quantitative estimate of drug-likeness (QED) is 0.419. The molecule has 0 bridgehead atoms. The van der Waals surface area contributed by atoms with E-state index in [1.165, 1.54) is 0 Å². The summed E-state index contributed by atoms with van der Waals surface area (Å²) >= 11 is 0. The molecule has 11 heavy (non-hydrogen) atoms. The second kappa shape index (κ2) is 3.12. The van der Waals surface area contributed by atoms with Crippen LogP contribution in [0.3, 0.4) is 0 Å². The third-order valence-electron chi connectivity index (χ3n) is 1.25. The van der Waals surface area contributed by atoms with Crippen LogP contribution in [0.4, 0.5) is 11.4 Å².